The topological polar surface area (TPSA) is 12.9 Å². The number of alkyl halides is 1. The van der Waals surface area contributed by atoms with Crippen molar-refractivity contribution in [1.29, 1.82) is 0 Å². The summed E-state index contributed by atoms with van der Waals surface area (Å²) in [5.74, 6) is 0. The first kappa shape index (κ1) is 11.9. The molecule has 1 aromatic heterocycles. The number of fused-ring (bicyclic) bond motifs is 1. The van der Waals surface area contributed by atoms with Gasteiger partial charge in [0, 0.05) is 10.7 Å². The summed E-state index contributed by atoms with van der Waals surface area (Å²) >= 11 is 9.58. The van der Waals surface area contributed by atoms with Gasteiger partial charge in [0.05, 0.1) is 5.52 Å². The van der Waals surface area contributed by atoms with E-state index in [1.54, 1.807) is 0 Å². The minimum absolute atomic E-state index is 0.636. The zero-order valence-electron chi connectivity index (χ0n) is 9.13. The predicted molar refractivity (Wildman–Crippen MR) is 73.6 cm³/mol. The summed E-state index contributed by atoms with van der Waals surface area (Å²) in [5.41, 5.74) is 3.36. The molecule has 0 aliphatic carbocycles. The molecule has 16 heavy (non-hydrogen) atoms. The van der Waals surface area contributed by atoms with E-state index >= 15 is 0 Å². The highest BCUT2D eigenvalue weighted by atomic mass is 79.9. The maximum atomic E-state index is 6.15. The molecule has 1 nitrogen and oxygen atoms in total. The monoisotopic (exact) mass is 297 g/mol. The molecule has 0 aliphatic rings. The van der Waals surface area contributed by atoms with Gasteiger partial charge < -0.3 is 0 Å². The van der Waals surface area contributed by atoms with Crippen molar-refractivity contribution >= 4 is 38.4 Å². The van der Waals surface area contributed by atoms with E-state index < -0.39 is 0 Å². The van der Waals surface area contributed by atoms with Crippen molar-refractivity contribution in [3.05, 3.63) is 40.5 Å². The first-order chi connectivity index (χ1) is 7.70. The first-order valence-electron chi connectivity index (χ1n) is 5.32. The zero-order valence-corrected chi connectivity index (χ0v) is 11.5. The van der Waals surface area contributed by atoms with Gasteiger partial charge in [-0.15, -0.1) is 0 Å². The molecule has 2 aromatic rings. The van der Waals surface area contributed by atoms with Crippen LogP contribution in [-0.2, 0) is 6.42 Å². The lowest BCUT2D eigenvalue weighted by molar-refractivity contribution is 0.935. The summed E-state index contributed by atoms with van der Waals surface area (Å²) < 4.78 is 0. The number of benzene rings is 1. The zero-order chi connectivity index (χ0) is 11.5. The van der Waals surface area contributed by atoms with Crippen LogP contribution >= 0.6 is 27.5 Å². The number of hydrogen-bond acceptors (Lipinski definition) is 1. The fourth-order valence-corrected chi connectivity index (χ4v) is 2.27. The average Bonchev–Trinajstić information content (AvgIpc) is 2.27. The van der Waals surface area contributed by atoms with Gasteiger partial charge in [0.15, 0.2) is 0 Å². The molecule has 0 radical (unpaired) electrons. The summed E-state index contributed by atoms with van der Waals surface area (Å²) in [4.78, 5) is 4.42. The molecule has 0 N–H and O–H groups in total. The maximum absolute atomic E-state index is 6.15. The second kappa shape index (κ2) is 5.15. The Labute approximate surface area is 109 Å². The molecule has 84 valence electrons. The Morgan fingerprint density at radius 1 is 1.31 bits per heavy atom. The predicted octanol–water partition coefficient (Wildman–Crippen LogP) is 4.52. The Morgan fingerprint density at radius 2 is 2.12 bits per heavy atom. The lowest BCUT2D eigenvalue weighted by Gasteiger charge is -2.05. The lowest BCUT2D eigenvalue weighted by Crippen LogP contribution is -1.92. The Hall–Kier alpha value is -0.600. The molecule has 1 aromatic carbocycles. The highest BCUT2D eigenvalue weighted by Gasteiger charge is 2.04. The maximum Gasteiger partial charge on any atom is 0.132 e. The Kier molecular flexibility index (Phi) is 3.82. The molecular formula is C13H13BrClN. The van der Waals surface area contributed by atoms with E-state index in [0.717, 1.165) is 29.3 Å². The summed E-state index contributed by atoms with van der Waals surface area (Å²) in [7, 11) is 0. The second-order valence-corrected chi connectivity index (χ2v) is 5.08. The van der Waals surface area contributed by atoms with Crippen LogP contribution in [0, 0.1) is 6.92 Å². The second-order valence-electron chi connectivity index (χ2n) is 3.93. The quantitative estimate of drug-likeness (QED) is 0.599. The third kappa shape index (κ3) is 2.55. The third-order valence-electron chi connectivity index (χ3n) is 2.58. The number of halogens is 2. The van der Waals surface area contributed by atoms with Crippen molar-refractivity contribution in [2.24, 2.45) is 0 Å². The Morgan fingerprint density at radius 3 is 2.88 bits per heavy atom. The molecule has 0 unspecified atom stereocenters. The van der Waals surface area contributed by atoms with Crippen LogP contribution < -0.4 is 0 Å². The Balaban J connectivity index is 2.46. The van der Waals surface area contributed by atoms with Gasteiger partial charge in [-0.1, -0.05) is 39.2 Å². The van der Waals surface area contributed by atoms with Gasteiger partial charge in [-0.25, -0.2) is 4.98 Å². The van der Waals surface area contributed by atoms with Gasteiger partial charge in [0.25, 0.3) is 0 Å². The molecule has 0 fully saturated rings. The molecular weight excluding hydrogens is 286 g/mol. The van der Waals surface area contributed by atoms with Crippen LogP contribution in [0.25, 0.3) is 10.9 Å². The van der Waals surface area contributed by atoms with E-state index in [9.17, 15) is 0 Å². The molecule has 2 rings (SSSR count). The van der Waals surface area contributed by atoms with Gasteiger partial charge in [0.1, 0.15) is 5.15 Å². The molecule has 3 heteroatoms. The van der Waals surface area contributed by atoms with Crippen molar-refractivity contribution in [3.63, 3.8) is 0 Å². The first-order valence-corrected chi connectivity index (χ1v) is 6.82. The molecule has 0 aliphatic heterocycles. The molecule has 0 saturated carbocycles. The van der Waals surface area contributed by atoms with Crippen LogP contribution in [0.2, 0.25) is 5.15 Å². The minimum atomic E-state index is 0.636. The fraction of sp³-hybridized carbons (Fsp3) is 0.308. The molecule has 1 heterocycles. The molecule has 0 bridgehead atoms. The highest BCUT2D eigenvalue weighted by Crippen LogP contribution is 2.22. The third-order valence-corrected chi connectivity index (χ3v) is 3.46. The highest BCUT2D eigenvalue weighted by molar-refractivity contribution is 9.09. The van der Waals surface area contributed by atoms with Crippen molar-refractivity contribution in [2.45, 2.75) is 19.8 Å². The van der Waals surface area contributed by atoms with Gasteiger partial charge in [-0.05, 0) is 43.5 Å². The number of hydrogen-bond donors (Lipinski definition) is 0. The van der Waals surface area contributed by atoms with E-state index in [1.807, 2.05) is 6.07 Å². The largest absolute Gasteiger partial charge is 0.236 e. The van der Waals surface area contributed by atoms with Gasteiger partial charge in [0.2, 0.25) is 0 Å². The standard InChI is InChI=1S/C13H13BrClN/c1-9-4-5-12-11(7-9)8-10(3-2-6-14)13(15)16-12/h4-5,7-8H,2-3,6H2,1H3. The van der Waals surface area contributed by atoms with Crippen LogP contribution in [-0.4, -0.2) is 10.3 Å². The summed E-state index contributed by atoms with van der Waals surface area (Å²) in [6, 6.07) is 8.38. The van der Waals surface area contributed by atoms with E-state index in [4.69, 9.17) is 11.6 Å². The molecule has 0 amide bonds. The van der Waals surface area contributed by atoms with Crippen LogP contribution in [0.5, 0.6) is 0 Å². The minimum Gasteiger partial charge on any atom is -0.236 e. The van der Waals surface area contributed by atoms with Crippen molar-refractivity contribution in [1.82, 2.24) is 4.98 Å². The number of rotatable bonds is 3. The van der Waals surface area contributed by atoms with Gasteiger partial charge in [-0.2, -0.15) is 0 Å². The smallest absolute Gasteiger partial charge is 0.132 e. The van der Waals surface area contributed by atoms with Gasteiger partial charge >= 0.3 is 0 Å². The van der Waals surface area contributed by atoms with Gasteiger partial charge in [-0.3, -0.25) is 0 Å². The van der Waals surface area contributed by atoms with Crippen LogP contribution in [0.15, 0.2) is 24.3 Å². The normalized spacial score (nSPS) is 10.9. The van der Waals surface area contributed by atoms with Crippen LogP contribution in [0.1, 0.15) is 17.5 Å². The van der Waals surface area contributed by atoms with E-state index in [1.165, 1.54) is 10.9 Å². The summed E-state index contributed by atoms with van der Waals surface area (Å²) in [5, 5.41) is 2.81. The van der Waals surface area contributed by atoms with Crippen molar-refractivity contribution < 1.29 is 0 Å². The Bertz CT molecular complexity index is 511. The van der Waals surface area contributed by atoms with Crippen molar-refractivity contribution in [3.8, 4) is 0 Å². The number of pyridine rings is 1. The number of aryl methyl sites for hydroxylation is 2. The summed E-state index contributed by atoms with van der Waals surface area (Å²) in [6.07, 6.45) is 2.06. The van der Waals surface area contributed by atoms with E-state index in [2.05, 4.69) is 46.0 Å². The molecule has 0 atom stereocenters. The molecule has 0 spiro atoms. The average molecular weight is 299 g/mol. The SMILES string of the molecule is Cc1ccc2nc(Cl)c(CCCBr)cc2c1. The van der Waals surface area contributed by atoms with E-state index in [0.29, 0.717) is 5.15 Å². The summed E-state index contributed by atoms with van der Waals surface area (Å²) in [6.45, 7) is 2.09. The van der Waals surface area contributed by atoms with Crippen LogP contribution in [0.3, 0.4) is 0 Å². The van der Waals surface area contributed by atoms with Crippen molar-refractivity contribution in [2.75, 3.05) is 5.33 Å². The van der Waals surface area contributed by atoms with Crippen LogP contribution in [0.4, 0.5) is 0 Å². The fourth-order valence-electron chi connectivity index (χ4n) is 1.75. The number of aromatic nitrogens is 1. The lowest BCUT2D eigenvalue weighted by atomic mass is 10.1. The molecule has 0 saturated heterocycles. The number of nitrogens with zero attached hydrogens (tertiary/aromatic N) is 1. The van der Waals surface area contributed by atoms with E-state index in [-0.39, 0.29) is 0 Å².